The second-order valence-electron chi connectivity index (χ2n) is 11.3. The van der Waals surface area contributed by atoms with Crippen LogP contribution in [0.4, 0.5) is 11.6 Å². The Morgan fingerprint density at radius 2 is 1.65 bits per heavy atom. The maximum Gasteiger partial charge on any atom is 0.328 e. The SMILES string of the molecule is CCOC(=O)CC[C@H](NC(=O)c1ccc(N(CCCc2cnc3nc(NC(C)=O)[nH]c(=O)c3n2)S(=O)(=O)c2ccc(C)cc2)cc1)C(=O)OCC. The lowest BCUT2D eigenvalue weighted by molar-refractivity contribution is -0.146. The molecule has 4 rings (SSSR count). The van der Waals surface area contributed by atoms with Gasteiger partial charge in [-0.2, -0.15) is 4.98 Å². The Morgan fingerprint density at radius 1 is 0.961 bits per heavy atom. The summed E-state index contributed by atoms with van der Waals surface area (Å²) in [5, 5.41) is 4.99. The fraction of sp³-hybridized carbons (Fsp3) is 0.353. The average molecular weight is 722 g/mol. The Labute approximate surface area is 294 Å². The van der Waals surface area contributed by atoms with Gasteiger partial charge < -0.3 is 14.8 Å². The van der Waals surface area contributed by atoms with Crippen molar-refractivity contribution in [2.24, 2.45) is 0 Å². The molecule has 1 atom stereocenters. The van der Waals surface area contributed by atoms with E-state index in [9.17, 15) is 32.4 Å². The Bertz CT molecular complexity index is 2050. The molecule has 0 aliphatic carbocycles. The molecule has 17 heteroatoms. The van der Waals surface area contributed by atoms with Crippen LogP contribution in [0.5, 0.6) is 0 Å². The van der Waals surface area contributed by atoms with E-state index in [0.717, 1.165) is 5.56 Å². The van der Waals surface area contributed by atoms with Crippen LogP contribution in [0.3, 0.4) is 0 Å². The van der Waals surface area contributed by atoms with E-state index in [-0.39, 0.29) is 78.7 Å². The molecule has 2 amide bonds. The van der Waals surface area contributed by atoms with Crippen LogP contribution in [-0.2, 0) is 40.3 Å². The van der Waals surface area contributed by atoms with Crippen LogP contribution in [-0.4, -0.2) is 77.9 Å². The standard InChI is InChI=1S/C34H39N7O9S/c1-5-49-28(43)18-17-27(33(46)50-6-2)38-31(44)23-11-13-25(14-12-23)41(51(47,48)26-15-9-21(3)10-16-26)19-7-8-24-20-35-30-29(37-24)32(45)40-34(39-30)36-22(4)42/h9-16,20,27H,5-8,17-19H2,1-4H3,(H,38,44)(H2,35,36,39,40,42,45)/t27-/m0/s1. The minimum atomic E-state index is -4.08. The van der Waals surface area contributed by atoms with Gasteiger partial charge in [0.1, 0.15) is 6.04 Å². The van der Waals surface area contributed by atoms with Crippen LogP contribution in [0.15, 0.2) is 64.4 Å². The first-order valence-corrected chi connectivity index (χ1v) is 17.6. The number of amides is 2. The Morgan fingerprint density at radius 3 is 2.29 bits per heavy atom. The number of hydrogen-bond donors (Lipinski definition) is 3. The van der Waals surface area contributed by atoms with Gasteiger partial charge in [-0.1, -0.05) is 17.7 Å². The number of hydrogen-bond acceptors (Lipinski definition) is 12. The number of H-pyrrole nitrogens is 1. The van der Waals surface area contributed by atoms with Crippen molar-refractivity contribution in [3.63, 3.8) is 0 Å². The molecule has 16 nitrogen and oxygen atoms in total. The molecule has 0 radical (unpaired) electrons. The van der Waals surface area contributed by atoms with Gasteiger partial charge in [0.15, 0.2) is 11.2 Å². The molecule has 0 saturated carbocycles. The molecule has 0 unspecified atom stereocenters. The van der Waals surface area contributed by atoms with Gasteiger partial charge in [-0.15, -0.1) is 0 Å². The van der Waals surface area contributed by atoms with Crippen molar-refractivity contribution in [2.75, 3.05) is 29.4 Å². The molecule has 4 aromatic rings. The van der Waals surface area contributed by atoms with E-state index in [1.165, 1.54) is 53.8 Å². The first-order chi connectivity index (χ1) is 24.3. The maximum atomic E-state index is 13.9. The molecule has 0 spiro atoms. The summed E-state index contributed by atoms with van der Waals surface area (Å²) in [7, 11) is -4.08. The number of benzene rings is 2. The van der Waals surface area contributed by atoms with Crippen molar-refractivity contribution in [3.05, 3.63) is 81.9 Å². The first kappa shape index (κ1) is 38.1. The van der Waals surface area contributed by atoms with Crippen LogP contribution in [0.1, 0.15) is 61.6 Å². The topological polar surface area (TPSA) is 220 Å². The number of aromatic amines is 1. The number of aryl methyl sites for hydroxylation is 2. The fourth-order valence-electron chi connectivity index (χ4n) is 4.94. The highest BCUT2D eigenvalue weighted by Gasteiger charge is 2.27. The number of nitrogens with one attached hydrogen (secondary N) is 3. The van der Waals surface area contributed by atoms with E-state index in [0.29, 0.717) is 5.69 Å². The largest absolute Gasteiger partial charge is 0.466 e. The third kappa shape index (κ3) is 10.2. The lowest BCUT2D eigenvalue weighted by Gasteiger charge is -2.25. The molecule has 2 heterocycles. The summed E-state index contributed by atoms with van der Waals surface area (Å²) in [4.78, 5) is 76.6. The van der Waals surface area contributed by atoms with E-state index in [1.807, 2.05) is 6.92 Å². The molecular formula is C34H39N7O9S. The van der Waals surface area contributed by atoms with Crippen molar-refractivity contribution >= 4 is 56.6 Å². The number of rotatable bonds is 16. The molecular weight excluding hydrogens is 682 g/mol. The van der Waals surface area contributed by atoms with Crippen molar-refractivity contribution in [3.8, 4) is 0 Å². The van der Waals surface area contributed by atoms with E-state index in [1.54, 1.807) is 26.0 Å². The number of sulfonamides is 1. The molecule has 51 heavy (non-hydrogen) atoms. The maximum absolute atomic E-state index is 13.9. The predicted molar refractivity (Wildman–Crippen MR) is 186 cm³/mol. The van der Waals surface area contributed by atoms with Crippen LogP contribution < -0.4 is 20.5 Å². The number of carbonyl (C=O) groups is 4. The molecule has 0 fully saturated rings. The highest BCUT2D eigenvalue weighted by molar-refractivity contribution is 7.92. The van der Waals surface area contributed by atoms with Crippen LogP contribution in [0.25, 0.3) is 11.2 Å². The Hall–Kier alpha value is -5.71. The van der Waals surface area contributed by atoms with E-state index >= 15 is 0 Å². The lowest BCUT2D eigenvalue weighted by atomic mass is 10.1. The molecule has 0 saturated heterocycles. The molecule has 270 valence electrons. The van der Waals surface area contributed by atoms with E-state index < -0.39 is 45.4 Å². The van der Waals surface area contributed by atoms with Gasteiger partial charge in [0.05, 0.1) is 35.7 Å². The van der Waals surface area contributed by atoms with Gasteiger partial charge in [0.25, 0.3) is 21.5 Å². The first-order valence-electron chi connectivity index (χ1n) is 16.2. The summed E-state index contributed by atoms with van der Waals surface area (Å²) in [6, 6.07) is 11.1. The highest BCUT2D eigenvalue weighted by atomic mass is 32.2. The molecule has 0 aliphatic rings. The van der Waals surface area contributed by atoms with Crippen LogP contribution in [0, 0.1) is 6.92 Å². The van der Waals surface area contributed by atoms with Gasteiger partial charge in [0, 0.05) is 25.5 Å². The molecule has 2 aromatic heterocycles. The number of nitrogens with zero attached hydrogens (tertiary/aromatic N) is 4. The van der Waals surface area contributed by atoms with E-state index in [4.69, 9.17) is 9.47 Å². The number of aromatic nitrogens is 4. The average Bonchev–Trinajstić information content (AvgIpc) is 3.08. The van der Waals surface area contributed by atoms with Gasteiger partial charge in [-0.3, -0.25) is 33.8 Å². The smallest absolute Gasteiger partial charge is 0.328 e. The monoisotopic (exact) mass is 721 g/mol. The van der Waals surface area contributed by atoms with Gasteiger partial charge in [0.2, 0.25) is 11.9 Å². The number of ether oxygens (including phenoxy) is 2. The van der Waals surface area contributed by atoms with Crippen LogP contribution >= 0.6 is 0 Å². The summed E-state index contributed by atoms with van der Waals surface area (Å²) in [6.07, 6.45) is 1.80. The quantitative estimate of drug-likeness (QED) is 0.142. The molecule has 2 aromatic carbocycles. The third-order valence-corrected chi connectivity index (χ3v) is 9.24. The minimum Gasteiger partial charge on any atom is -0.466 e. The normalized spacial score (nSPS) is 11.8. The second-order valence-corrected chi connectivity index (χ2v) is 13.2. The lowest BCUT2D eigenvalue weighted by Crippen LogP contribution is -2.42. The summed E-state index contributed by atoms with van der Waals surface area (Å²) in [6.45, 7) is 6.65. The second kappa shape index (κ2) is 17.3. The summed E-state index contributed by atoms with van der Waals surface area (Å²) < 4.78 is 39.1. The molecule has 3 N–H and O–H groups in total. The van der Waals surface area contributed by atoms with Gasteiger partial charge in [-0.05, 0) is 76.4 Å². The summed E-state index contributed by atoms with van der Waals surface area (Å²) in [5.74, 6) is -2.32. The van der Waals surface area contributed by atoms with Crippen molar-refractivity contribution in [1.82, 2.24) is 25.3 Å². The van der Waals surface area contributed by atoms with Crippen LogP contribution in [0.2, 0.25) is 0 Å². The molecule has 0 bridgehead atoms. The summed E-state index contributed by atoms with van der Waals surface area (Å²) in [5.41, 5.74) is 1.11. The van der Waals surface area contributed by atoms with E-state index in [2.05, 4.69) is 30.6 Å². The van der Waals surface area contributed by atoms with Crippen molar-refractivity contribution in [1.29, 1.82) is 0 Å². The molecule has 0 aliphatic heterocycles. The summed E-state index contributed by atoms with van der Waals surface area (Å²) >= 11 is 0. The van der Waals surface area contributed by atoms with Crippen molar-refractivity contribution < 1.29 is 37.1 Å². The highest BCUT2D eigenvalue weighted by Crippen LogP contribution is 2.25. The zero-order valence-electron chi connectivity index (χ0n) is 28.6. The number of anilines is 2. The zero-order chi connectivity index (χ0) is 37.1. The Kier molecular flexibility index (Phi) is 12.9. The van der Waals surface area contributed by atoms with Gasteiger partial charge in [-0.25, -0.2) is 23.2 Å². The minimum absolute atomic E-state index is 0.00363. The number of esters is 2. The third-order valence-electron chi connectivity index (χ3n) is 7.40. The fourth-order valence-corrected chi connectivity index (χ4v) is 6.44. The number of carbonyl (C=O) groups excluding carboxylic acids is 4. The van der Waals surface area contributed by atoms with Gasteiger partial charge >= 0.3 is 11.9 Å². The Balaban J connectivity index is 1.55. The zero-order valence-corrected chi connectivity index (χ0v) is 29.4. The van der Waals surface area contributed by atoms with Crippen molar-refractivity contribution in [2.45, 2.75) is 64.3 Å². The predicted octanol–water partition coefficient (Wildman–Crippen LogP) is 2.81. The number of fused-ring (bicyclic) bond motifs is 1.